The molecular formula is C25H23FN6O. The molecule has 33 heavy (non-hydrogen) atoms. The van der Waals surface area contributed by atoms with Gasteiger partial charge in [-0.25, -0.2) is 9.37 Å². The molecule has 0 unspecified atom stereocenters. The number of rotatable bonds is 6. The van der Waals surface area contributed by atoms with E-state index < -0.39 is 0 Å². The maximum atomic E-state index is 13.1. The van der Waals surface area contributed by atoms with Crippen molar-refractivity contribution in [3.63, 3.8) is 0 Å². The number of carbonyl (C=O) groups excluding carboxylic acids is 1. The van der Waals surface area contributed by atoms with Gasteiger partial charge in [0.15, 0.2) is 5.78 Å². The van der Waals surface area contributed by atoms with Crippen molar-refractivity contribution in [3.05, 3.63) is 78.0 Å². The predicted molar refractivity (Wildman–Crippen MR) is 125 cm³/mol. The first kappa shape index (κ1) is 21.1. The molecule has 3 heterocycles. The minimum Gasteiger partial charge on any atom is -0.366 e. The summed E-state index contributed by atoms with van der Waals surface area (Å²) in [5.74, 6) is 0.253. The Morgan fingerprint density at radius 1 is 1.03 bits per heavy atom. The number of Topliss-reactive ketones (excluding diaryl/α,β-unsaturated/α-hetero) is 1. The van der Waals surface area contributed by atoms with Crippen LogP contribution < -0.4 is 10.6 Å². The number of nitrogens with zero attached hydrogens (tertiary/aromatic N) is 4. The maximum Gasteiger partial charge on any atom is 0.168 e. The summed E-state index contributed by atoms with van der Waals surface area (Å²) in [6.07, 6.45) is 5.69. The number of halogens is 1. The van der Waals surface area contributed by atoms with Crippen LogP contribution in [0.15, 0.2) is 60.9 Å². The fourth-order valence-electron chi connectivity index (χ4n) is 3.99. The molecule has 5 rings (SSSR count). The fraction of sp³-hybridized carbons (Fsp3) is 0.240. The molecule has 0 saturated carbocycles. The third-order valence-electron chi connectivity index (χ3n) is 5.77. The zero-order valence-electron chi connectivity index (χ0n) is 18.0. The first-order valence-corrected chi connectivity index (χ1v) is 11.0. The van der Waals surface area contributed by atoms with E-state index in [4.69, 9.17) is 4.98 Å². The molecule has 2 aromatic carbocycles. The van der Waals surface area contributed by atoms with Gasteiger partial charge in [-0.1, -0.05) is 6.07 Å². The number of nitrogens with one attached hydrogen (secondary N) is 2. The van der Waals surface area contributed by atoms with Crippen molar-refractivity contribution in [1.82, 2.24) is 25.5 Å². The normalized spacial score (nSPS) is 14.3. The van der Waals surface area contributed by atoms with Gasteiger partial charge in [0.2, 0.25) is 0 Å². The lowest BCUT2D eigenvalue weighted by Crippen LogP contribution is -2.35. The Kier molecular flexibility index (Phi) is 5.99. The van der Waals surface area contributed by atoms with E-state index >= 15 is 0 Å². The fourth-order valence-corrected chi connectivity index (χ4v) is 3.99. The summed E-state index contributed by atoms with van der Waals surface area (Å²) in [4.78, 5) is 21.6. The highest BCUT2D eigenvalue weighted by Gasteiger charge is 2.14. The average molecular weight is 442 g/mol. The minimum absolute atomic E-state index is 0.0915. The molecule has 0 atom stereocenters. The zero-order valence-corrected chi connectivity index (χ0v) is 18.0. The van der Waals surface area contributed by atoms with Crippen molar-refractivity contribution in [3.8, 4) is 11.3 Å². The molecule has 1 fully saturated rings. The highest BCUT2D eigenvalue weighted by Crippen LogP contribution is 2.23. The summed E-state index contributed by atoms with van der Waals surface area (Å²) < 4.78 is 13.1. The molecule has 1 aliphatic heterocycles. The van der Waals surface area contributed by atoms with E-state index in [0.29, 0.717) is 17.3 Å². The molecule has 0 aliphatic carbocycles. The highest BCUT2D eigenvalue weighted by atomic mass is 19.1. The molecule has 166 valence electrons. The molecule has 0 spiro atoms. The van der Waals surface area contributed by atoms with Crippen molar-refractivity contribution in [2.24, 2.45) is 0 Å². The van der Waals surface area contributed by atoms with Gasteiger partial charge in [-0.2, -0.15) is 10.2 Å². The van der Waals surface area contributed by atoms with Gasteiger partial charge >= 0.3 is 0 Å². The largest absolute Gasteiger partial charge is 0.366 e. The summed E-state index contributed by atoms with van der Waals surface area (Å²) >= 11 is 0. The molecule has 0 bridgehead atoms. The summed E-state index contributed by atoms with van der Waals surface area (Å²) in [7, 11) is 0. The number of aromatic nitrogens is 4. The van der Waals surface area contributed by atoms with Gasteiger partial charge in [0.25, 0.3) is 0 Å². The molecule has 4 aromatic rings. The van der Waals surface area contributed by atoms with E-state index in [2.05, 4.69) is 25.8 Å². The van der Waals surface area contributed by atoms with Crippen LogP contribution in [0.3, 0.4) is 0 Å². The topological polar surface area (TPSA) is 92.7 Å². The quantitative estimate of drug-likeness (QED) is 0.439. The van der Waals surface area contributed by atoms with Gasteiger partial charge < -0.3 is 10.6 Å². The third-order valence-corrected chi connectivity index (χ3v) is 5.77. The van der Waals surface area contributed by atoms with Crippen LogP contribution in [0, 0.1) is 5.82 Å². The third kappa shape index (κ3) is 5.01. The number of carbonyl (C=O) groups is 1. The van der Waals surface area contributed by atoms with E-state index in [-0.39, 0.29) is 18.0 Å². The number of anilines is 1. The Morgan fingerprint density at radius 3 is 2.67 bits per heavy atom. The van der Waals surface area contributed by atoms with E-state index in [1.165, 1.54) is 24.3 Å². The highest BCUT2D eigenvalue weighted by molar-refractivity contribution is 5.97. The summed E-state index contributed by atoms with van der Waals surface area (Å²) in [5, 5.41) is 16.1. The molecular weight excluding hydrogens is 419 g/mol. The molecule has 1 saturated heterocycles. The van der Waals surface area contributed by atoms with Gasteiger partial charge in [0, 0.05) is 22.6 Å². The second-order valence-electron chi connectivity index (χ2n) is 8.17. The molecule has 8 heteroatoms. The molecule has 7 nitrogen and oxygen atoms in total. The summed E-state index contributed by atoms with van der Waals surface area (Å²) in [6.45, 7) is 2.00. The summed E-state index contributed by atoms with van der Waals surface area (Å²) in [6, 6.07) is 13.6. The lowest BCUT2D eigenvalue weighted by atomic mass is 10.0. The predicted octanol–water partition coefficient (Wildman–Crippen LogP) is 3.82. The van der Waals surface area contributed by atoms with Crippen LogP contribution in [0.5, 0.6) is 0 Å². The lowest BCUT2D eigenvalue weighted by Gasteiger charge is -2.24. The van der Waals surface area contributed by atoms with Crippen molar-refractivity contribution in [1.29, 1.82) is 0 Å². The van der Waals surface area contributed by atoms with Gasteiger partial charge in [0.05, 0.1) is 35.7 Å². The van der Waals surface area contributed by atoms with Crippen LogP contribution in [0.2, 0.25) is 0 Å². The van der Waals surface area contributed by atoms with E-state index in [1.807, 2.05) is 24.3 Å². The van der Waals surface area contributed by atoms with E-state index in [9.17, 15) is 9.18 Å². The Labute approximate surface area is 190 Å². The molecule has 1 aliphatic rings. The second-order valence-corrected chi connectivity index (χ2v) is 8.17. The Morgan fingerprint density at radius 2 is 1.85 bits per heavy atom. The number of hydrogen-bond donors (Lipinski definition) is 2. The van der Waals surface area contributed by atoms with Crippen LogP contribution in [0.25, 0.3) is 22.2 Å². The van der Waals surface area contributed by atoms with Gasteiger partial charge in [-0.05, 0) is 68.4 Å². The molecule has 2 aromatic heterocycles. The van der Waals surface area contributed by atoms with Gasteiger partial charge in [0.1, 0.15) is 11.6 Å². The standard InChI is InChI=1S/C25H23FN6O/c26-19-4-1-16(2-5-19)24(33)13-21-12-18-11-17(3-6-22(18)32-31-21)23-14-28-15-25(30-23)29-20-7-9-27-10-8-20/h1-6,11-12,14-15,20,27H,7-10,13H2,(H,29,30). The van der Waals surface area contributed by atoms with Crippen LogP contribution in [-0.4, -0.2) is 45.1 Å². The van der Waals surface area contributed by atoms with Crippen LogP contribution in [0.4, 0.5) is 10.2 Å². The van der Waals surface area contributed by atoms with Gasteiger partial charge in [-0.15, -0.1) is 0 Å². The van der Waals surface area contributed by atoms with Crippen molar-refractivity contribution in [2.75, 3.05) is 18.4 Å². The maximum absolute atomic E-state index is 13.1. The first-order valence-electron chi connectivity index (χ1n) is 11.0. The minimum atomic E-state index is -0.373. The lowest BCUT2D eigenvalue weighted by molar-refractivity contribution is 0.0991. The Hall–Kier alpha value is -3.78. The Bertz CT molecular complexity index is 1290. The number of piperidine rings is 1. The molecule has 0 amide bonds. The molecule has 2 N–H and O–H groups in total. The monoisotopic (exact) mass is 442 g/mol. The summed E-state index contributed by atoms with van der Waals surface area (Å²) in [5.41, 5.74) is 3.40. The van der Waals surface area contributed by atoms with Gasteiger partial charge in [-0.3, -0.25) is 9.78 Å². The van der Waals surface area contributed by atoms with Crippen molar-refractivity contribution in [2.45, 2.75) is 25.3 Å². The smallest absolute Gasteiger partial charge is 0.168 e. The number of fused-ring (bicyclic) bond motifs is 1. The second kappa shape index (κ2) is 9.38. The zero-order chi connectivity index (χ0) is 22.6. The van der Waals surface area contributed by atoms with Crippen LogP contribution in [0.1, 0.15) is 28.9 Å². The van der Waals surface area contributed by atoms with Crippen LogP contribution >= 0.6 is 0 Å². The Balaban J connectivity index is 1.37. The average Bonchev–Trinajstić information content (AvgIpc) is 2.85. The van der Waals surface area contributed by atoms with E-state index in [1.54, 1.807) is 12.4 Å². The SMILES string of the molecule is O=C(Cc1cc2cc(-c3cncc(NC4CCNCC4)n3)ccc2nn1)c1ccc(F)cc1. The number of hydrogen-bond acceptors (Lipinski definition) is 7. The van der Waals surface area contributed by atoms with Crippen molar-refractivity contribution < 1.29 is 9.18 Å². The molecule has 0 radical (unpaired) electrons. The van der Waals surface area contributed by atoms with Crippen LogP contribution in [-0.2, 0) is 6.42 Å². The van der Waals surface area contributed by atoms with Crippen molar-refractivity contribution >= 4 is 22.5 Å². The first-order chi connectivity index (χ1) is 16.1. The van der Waals surface area contributed by atoms with E-state index in [0.717, 1.165) is 53.9 Å². The number of ketones is 1. The number of benzene rings is 2.